The van der Waals surface area contributed by atoms with Crippen molar-refractivity contribution in [2.75, 3.05) is 6.61 Å². The summed E-state index contributed by atoms with van der Waals surface area (Å²) in [4.78, 5) is 25.5. The SMILES string of the molecule is Cc1ccc(C(=O)N/C(=C\c2ccco2)C(=O)N[C@@H](C)COc2ccccc2C)cc1. The molecule has 0 saturated carbocycles. The summed E-state index contributed by atoms with van der Waals surface area (Å²) >= 11 is 0. The normalized spacial score (nSPS) is 12.2. The average Bonchev–Trinajstić information content (AvgIpc) is 3.26. The van der Waals surface area contributed by atoms with Crippen molar-refractivity contribution in [1.82, 2.24) is 10.6 Å². The zero-order chi connectivity index (χ0) is 22.2. The van der Waals surface area contributed by atoms with Crippen molar-refractivity contribution < 1.29 is 18.7 Å². The molecule has 0 fully saturated rings. The number of aryl methyl sites for hydroxylation is 2. The summed E-state index contributed by atoms with van der Waals surface area (Å²) in [5.74, 6) is 0.412. The first-order valence-corrected chi connectivity index (χ1v) is 10.0. The molecule has 0 spiro atoms. The number of carbonyl (C=O) groups is 2. The lowest BCUT2D eigenvalue weighted by Gasteiger charge is -2.17. The summed E-state index contributed by atoms with van der Waals surface area (Å²) in [6, 6.07) is 17.9. The molecule has 0 aliphatic carbocycles. The van der Waals surface area contributed by atoms with E-state index in [2.05, 4.69) is 10.6 Å². The fourth-order valence-electron chi connectivity index (χ4n) is 2.85. The first-order chi connectivity index (χ1) is 14.9. The summed E-state index contributed by atoms with van der Waals surface area (Å²) in [7, 11) is 0. The number of hydrogen-bond acceptors (Lipinski definition) is 4. The van der Waals surface area contributed by atoms with E-state index in [0.717, 1.165) is 16.9 Å². The van der Waals surface area contributed by atoms with Crippen molar-refractivity contribution in [2.45, 2.75) is 26.8 Å². The third-order valence-electron chi connectivity index (χ3n) is 4.60. The molecule has 0 aliphatic heterocycles. The summed E-state index contributed by atoms with van der Waals surface area (Å²) in [5, 5.41) is 5.55. The molecule has 0 bridgehead atoms. The van der Waals surface area contributed by atoms with E-state index < -0.39 is 5.91 Å². The van der Waals surface area contributed by atoms with E-state index >= 15 is 0 Å². The second kappa shape index (κ2) is 10.3. The van der Waals surface area contributed by atoms with Gasteiger partial charge in [-0.3, -0.25) is 9.59 Å². The van der Waals surface area contributed by atoms with Gasteiger partial charge in [0.2, 0.25) is 0 Å². The molecule has 0 saturated heterocycles. The molecule has 1 aromatic heterocycles. The Morgan fingerprint density at radius 1 is 1.03 bits per heavy atom. The molecular weight excluding hydrogens is 392 g/mol. The first kappa shape index (κ1) is 21.9. The van der Waals surface area contributed by atoms with Crippen molar-refractivity contribution in [2.24, 2.45) is 0 Å². The van der Waals surface area contributed by atoms with Gasteiger partial charge in [-0.15, -0.1) is 0 Å². The third-order valence-corrected chi connectivity index (χ3v) is 4.60. The summed E-state index contributed by atoms with van der Waals surface area (Å²) in [6.07, 6.45) is 3.00. The minimum Gasteiger partial charge on any atom is -0.491 e. The van der Waals surface area contributed by atoms with Crippen molar-refractivity contribution >= 4 is 17.9 Å². The Balaban J connectivity index is 1.68. The highest BCUT2D eigenvalue weighted by Crippen LogP contribution is 2.16. The molecule has 31 heavy (non-hydrogen) atoms. The average molecular weight is 418 g/mol. The predicted octanol–water partition coefficient (Wildman–Crippen LogP) is 4.25. The summed E-state index contributed by atoms with van der Waals surface area (Å²) in [5.41, 5.74) is 2.61. The molecule has 2 N–H and O–H groups in total. The predicted molar refractivity (Wildman–Crippen MR) is 120 cm³/mol. The van der Waals surface area contributed by atoms with E-state index in [1.807, 2.05) is 57.2 Å². The van der Waals surface area contributed by atoms with Gasteiger partial charge in [0, 0.05) is 11.6 Å². The molecule has 0 unspecified atom stereocenters. The number of benzene rings is 2. The summed E-state index contributed by atoms with van der Waals surface area (Å²) in [6.45, 7) is 6.03. The monoisotopic (exact) mass is 418 g/mol. The Kier molecular flexibility index (Phi) is 7.27. The maximum absolute atomic E-state index is 12.9. The van der Waals surface area contributed by atoms with Crippen LogP contribution in [-0.2, 0) is 4.79 Å². The van der Waals surface area contributed by atoms with Gasteiger partial charge in [-0.25, -0.2) is 0 Å². The van der Waals surface area contributed by atoms with Crippen LogP contribution in [0.5, 0.6) is 5.75 Å². The van der Waals surface area contributed by atoms with Crippen molar-refractivity contribution in [3.05, 3.63) is 95.1 Å². The van der Waals surface area contributed by atoms with Gasteiger partial charge in [-0.1, -0.05) is 35.9 Å². The van der Waals surface area contributed by atoms with Gasteiger partial charge in [-0.2, -0.15) is 0 Å². The number of para-hydroxylation sites is 1. The van der Waals surface area contributed by atoms with Gasteiger partial charge in [-0.05, 0) is 56.7 Å². The van der Waals surface area contributed by atoms with E-state index in [9.17, 15) is 9.59 Å². The molecule has 3 aromatic rings. The van der Waals surface area contributed by atoms with Crippen LogP contribution in [-0.4, -0.2) is 24.5 Å². The maximum atomic E-state index is 12.9. The van der Waals surface area contributed by atoms with Crippen LogP contribution in [0, 0.1) is 13.8 Å². The van der Waals surface area contributed by atoms with Crippen LogP contribution in [0.4, 0.5) is 0 Å². The number of nitrogens with one attached hydrogen (secondary N) is 2. The summed E-state index contributed by atoms with van der Waals surface area (Å²) < 4.78 is 11.1. The second-order valence-corrected chi connectivity index (χ2v) is 7.34. The van der Waals surface area contributed by atoms with E-state index in [1.54, 1.807) is 24.3 Å². The van der Waals surface area contributed by atoms with Crippen LogP contribution in [0.15, 0.2) is 77.0 Å². The van der Waals surface area contributed by atoms with Crippen LogP contribution < -0.4 is 15.4 Å². The van der Waals surface area contributed by atoms with E-state index in [4.69, 9.17) is 9.15 Å². The Morgan fingerprint density at radius 2 is 1.77 bits per heavy atom. The van der Waals surface area contributed by atoms with Gasteiger partial charge in [0.05, 0.1) is 12.3 Å². The molecule has 2 amide bonds. The highest BCUT2D eigenvalue weighted by molar-refractivity contribution is 6.05. The number of ether oxygens (including phenoxy) is 1. The van der Waals surface area contributed by atoms with E-state index in [-0.39, 0.29) is 24.3 Å². The topological polar surface area (TPSA) is 80.6 Å². The lowest BCUT2D eigenvalue weighted by molar-refractivity contribution is -0.118. The zero-order valence-corrected chi connectivity index (χ0v) is 17.8. The number of furan rings is 1. The number of hydrogen-bond donors (Lipinski definition) is 2. The van der Waals surface area contributed by atoms with Crippen LogP contribution >= 0.6 is 0 Å². The smallest absolute Gasteiger partial charge is 0.268 e. The van der Waals surface area contributed by atoms with Crippen LogP contribution in [0.3, 0.4) is 0 Å². The zero-order valence-electron chi connectivity index (χ0n) is 17.8. The van der Waals surface area contributed by atoms with Gasteiger partial charge in [0.1, 0.15) is 23.8 Å². The Labute approximate surface area is 181 Å². The minimum atomic E-state index is -0.433. The lowest BCUT2D eigenvalue weighted by Crippen LogP contribution is -2.41. The Hall–Kier alpha value is -3.80. The largest absolute Gasteiger partial charge is 0.491 e. The quantitative estimate of drug-likeness (QED) is 0.536. The van der Waals surface area contributed by atoms with Crippen molar-refractivity contribution in [3.8, 4) is 5.75 Å². The van der Waals surface area contributed by atoms with Gasteiger partial charge < -0.3 is 19.8 Å². The third kappa shape index (κ3) is 6.34. The molecule has 2 aromatic carbocycles. The van der Waals surface area contributed by atoms with Gasteiger partial charge >= 0.3 is 0 Å². The molecule has 3 rings (SSSR count). The molecule has 1 heterocycles. The fraction of sp³-hybridized carbons (Fsp3) is 0.200. The fourth-order valence-corrected chi connectivity index (χ4v) is 2.85. The minimum absolute atomic E-state index is 0.0864. The number of rotatable bonds is 8. The second-order valence-electron chi connectivity index (χ2n) is 7.34. The Morgan fingerprint density at radius 3 is 2.45 bits per heavy atom. The molecule has 6 heteroatoms. The number of carbonyl (C=O) groups excluding carboxylic acids is 2. The highest BCUT2D eigenvalue weighted by atomic mass is 16.5. The lowest BCUT2D eigenvalue weighted by atomic mass is 10.1. The Bertz CT molecular complexity index is 1050. The first-order valence-electron chi connectivity index (χ1n) is 10.0. The molecule has 1 atom stereocenters. The van der Waals surface area contributed by atoms with Crippen molar-refractivity contribution in [3.63, 3.8) is 0 Å². The number of amides is 2. The molecule has 0 radical (unpaired) electrons. The van der Waals surface area contributed by atoms with Crippen LogP contribution in [0.2, 0.25) is 0 Å². The van der Waals surface area contributed by atoms with E-state index in [1.165, 1.54) is 12.3 Å². The van der Waals surface area contributed by atoms with Crippen LogP contribution in [0.25, 0.3) is 6.08 Å². The van der Waals surface area contributed by atoms with Gasteiger partial charge in [0.25, 0.3) is 11.8 Å². The maximum Gasteiger partial charge on any atom is 0.268 e. The standard InChI is InChI=1S/C25H26N2O4/c1-17-10-12-20(13-11-17)24(28)27-22(15-21-8-6-14-30-21)25(29)26-19(3)16-31-23-9-5-4-7-18(23)2/h4-15,19H,16H2,1-3H3,(H,26,29)(H,27,28)/b22-15-/t19-/m0/s1. The molecule has 6 nitrogen and oxygen atoms in total. The van der Waals surface area contributed by atoms with Crippen molar-refractivity contribution in [1.29, 1.82) is 0 Å². The van der Waals surface area contributed by atoms with E-state index in [0.29, 0.717) is 11.3 Å². The molecular formula is C25H26N2O4. The molecule has 160 valence electrons. The van der Waals surface area contributed by atoms with Crippen LogP contribution in [0.1, 0.15) is 34.2 Å². The van der Waals surface area contributed by atoms with Gasteiger partial charge in [0.15, 0.2) is 0 Å². The molecule has 0 aliphatic rings. The highest BCUT2D eigenvalue weighted by Gasteiger charge is 2.17.